The number of pyridine rings is 1. The molecule has 1 aliphatic carbocycles. The third kappa shape index (κ3) is 3.14. The molecule has 0 unspecified atom stereocenters. The molecule has 156 valence electrons. The van der Waals surface area contributed by atoms with Gasteiger partial charge in [0.1, 0.15) is 15.5 Å². The molecule has 4 aromatic rings. The molecule has 0 aliphatic heterocycles. The van der Waals surface area contributed by atoms with E-state index in [0.717, 1.165) is 51.9 Å². The van der Waals surface area contributed by atoms with Crippen molar-refractivity contribution in [3.05, 3.63) is 63.5 Å². The molecule has 7 heteroatoms. The monoisotopic (exact) mass is 450 g/mol. The lowest BCUT2D eigenvalue weighted by Gasteiger charge is -2.23. The van der Waals surface area contributed by atoms with Crippen LogP contribution in [0.4, 0.5) is 5.69 Å². The number of nitrogens with two attached hydrogens (primary N) is 1. The molecule has 0 fully saturated rings. The van der Waals surface area contributed by atoms with E-state index in [4.69, 9.17) is 31.8 Å². The minimum absolute atomic E-state index is 0.373. The van der Waals surface area contributed by atoms with Crippen molar-refractivity contribution in [2.75, 3.05) is 20.0 Å². The predicted octanol–water partition coefficient (Wildman–Crippen LogP) is 5.76. The molecular formula is C24H19ClN2O3S. The van der Waals surface area contributed by atoms with Gasteiger partial charge in [0.15, 0.2) is 0 Å². The van der Waals surface area contributed by atoms with Gasteiger partial charge in [-0.25, -0.2) is 9.78 Å². The number of methoxy groups -OCH3 is 2. The van der Waals surface area contributed by atoms with Gasteiger partial charge < -0.3 is 15.2 Å². The van der Waals surface area contributed by atoms with Crippen molar-refractivity contribution in [2.24, 2.45) is 0 Å². The number of anilines is 1. The zero-order valence-electron chi connectivity index (χ0n) is 17.0. The zero-order valence-corrected chi connectivity index (χ0v) is 18.6. The summed E-state index contributed by atoms with van der Waals surface area (Å²) in [6.45, 7) is 0. The maximum Gasteiger partial charge on any atom is 0.350 e. The second-order valence-corrected chi connectivity index (χ2v) is 8.80. The highest BCUT2D eigenvalue weighted by Gasteiger charge is 2.28. The van der Waals surface area contributed by atoms with Crippen LogP contribution in [0.3, 0.4) is 0 Å². The van der Waals surface area contributed by atoms with Gasteiger partial charge in [0.25, 0.3) is 0 Å². The van der Waals surface area contributed by atoms with Gasteiger partial charge >= 0.3 is 5.97 Å². The van der Waals surface area contributed by atoms with Crippen molar-refractivity contribution < 1.29 is 14.3 Å². The average molecular weight is 451 g/mol. The molecule has 5 nitrogen and oxygen atoms in total. The van der Waals surface area contributed by atoms with E-state index in [-0.39, 0.29) is 0 Å². The first-order valence-corrected chi connectivity index (χ1v) is 11.0. The molecule has 0 amide bonds. The fourth-order valence-corrected chi connectivity index (χ4v) is 5.38. The minimum atomic E-state index is -0.453. The molecule has 0 atom stereocenters. The Morgan fingerprint density at radius 1 is 1.13 bits per heavy atom. The van der Waals surface area contributed by atoms with E-state index in [9.17, 15) is 4.79 Å². The van der Waals surface area contributed by atoms with Crippen LogP contribution in [0.25, 0.3) is 32.6 Å². The number of rotatable bonds is 3. The smallest absolute Gasteiger partial charge is 0.350 e. The van der Waals surface area contributed by atoms with Crippen molar-refractivity contribution in [3.63, 3.8) is 0 Å². The number of hydrogen-bond acceptors (Lipinski definition) is 6. The summed E-state index contributed by atoms with van der Waals surface area (Å²) in [5.74, 6) is 0.375. The Hall–Kier alpha value is -3.09. The summed E-state index contributed by atoms with van der Waals surface area (Å²) in [5.41, 5.74) is 13.2. The highest BCUT2D eigenvalue weighted by Crippen LogP contribution is 2.47. The van der Waals surface area contributed by atoms with Gasteiger partial charge in [0.05, 0.1) is 25.6 Å². The van der Waals surface area contributed by atoms with Gasteiger partial charge in [0.2, 0.25) is 0 Å². The molecule has 0 saturated heterocycles. The largest absolute Gasteiger partial charge is 0.497 e. The summed E-state index contributed by atoms with van der Waals surface area (Å²) in [7, 11) is 3.02. The highest BCUT2D eigenvalue weighted by atomic mass is 35.5. The summed E-state index contributed by atoms with van der Waals surface area (Å²) >= 11 is 7.41. The molecule has 2 aromatic carbocycles. The second kappa shape index (κ2) is 7.55. The number of thiophene rings is 1. The second-order valence-electron chi connectivity index (χ2n) is 7.36. The standard InChI is InChI=1S/C24H19ClN2O3S/c1-29-15-8-10-16-13(11-15)5-9-17-18(12-3-6-14(25)7-4-12)19-20(26)22(24(28)30-2)31-23(19)27-21(16)17/h3-4,6-8,10-11H,5,9,26H2,1-2H3. The first-order valence-electron chi connectivity index (χ1n) is 9.78. The van der Waals surface area contributed by atoms with Crippen LogP contribution < -0.4 is 10.5 Å². The van der Waals surface area contributed by atoms with Crippen molar-refractivity contribution in [2.45, 2.75) is 12.8 Å². The first-order chi connectivity index (χ1) is 15.0. The highest BCUT2D eigenvalue weighted by molar-refractivity contribution is 7.21. The van der Waals surface area contributed by atoms with Gasteiger partial charge in [-0.15, -0.1) is 11.3 Å². The lowest BCUT2D eigenvalue weighted by atomic mass is 9.83. The first kappa shape index (κ1) is 19.8. The summed E-state index contributed by atoms with van der Waals surface area (Å²) in [4.78, 5) is 18.4. The fraction of sp³-hybridized carbons (Fsp3) is 0.167. The number of nitrogens with zero attached hydrogens (tertiary/aromatic N) is 1. The van der Waals surface area contributed by atoms with Gasteiger partial charge in [-0.3, -0.25) is 0 Å². The molecule has 0 bridgehead atoms. The van der Waals surface area contributed by atoms with Crippen molar-refractivity contribution >= 4 is 44.8 Å². The van der Waals surface area contributed by atoms with Gasteiger partial charge in [-0.2, -0.15) is 0 Å². The lowest BCUT2D eigenvalue weighted by molar-refractivity contribution is 0.0607. The van der Waals surface area contributed by atoms with Gasteiger partial charge in [-0.05, 0) is 65.4 Å². The molecule has 2 aromatic heterocycles. The van der Waals surface area contributed by atoms with Crippen LogP contribution in [0, 0.1) is 0 Å². The fourth-order valence-electron chi connectivity index (χ4n) is 4.23. The summed E-state index contributed by atoms with van der Waals surface area (Å²) < 4.78 is 10.3. The van der Waals surface area contributed by atoms with Crippen molar-refractivity contribution in [3.8, 4) is 28.1 Å². The molecule has 31 heavy (non-hydrogen) atoms. The Labute approximate surface area is 188 Å². The Balaban J connectivity index is 1.86. The van der Waals surface area contributed by atoms with Crippen LogP contribution in [0.2, 0.25) is 5.02 Å². The predicted molar refractivity (Wildman–Crippen MR) is 125 cm³/mol. The molecule has 1 aliphatic rings. The average Bonchev–Trinajstić information content (AvgIpc) is 3.13. The van der Waals surface area contributed by atoms with E-state index in [1.807, 2.05) is 30.3 Å². The Bertz CT molecular complexity index is 1350. The van der Waals surface area contributed by atoms with Crippen LogP contribution in [0.5, 0.6) is 5.75 Å². The molecule has 0 radical (unpaired) electrons. The van der Waals surface area contributed by atoms with E-state index >= 15 is 0 Å². The third-order valence-electron chi connectivity index (χ3n) is 5.69. The number of aryl methyl sites for hydroxylation is 1. The molecule has 2 heterocycles. The number of carbonyl (C=O) groups excluding carboxylic acids is 1. The molecule has 5 rings (SSSR count). The number of nitrogen functional groups attached to an aromatic ring is 1. The molecule has 0 saturated carbocycles. The Kier molecular flexibility index (Phi) is 4.84. The number of aromatic nitrogens is 1. The van der Waals surface area contributed by atoms with E-state index in [2.05, 4.69) is 12.1 Å². The van der Waals surface area contributed by atoms with Crippen LogP contribution in [-0.4, -0.2) is 25.2 Å². The normalized spacial score (nSPS) is 12.4. The Morgan fingerprint density at radius 2 is 1.90 bits per heavy atom. The minimum Gasteiger partial charge on any atom is -0.497 e. The summed E-state index contributed by atoms with van der Waals surface area (Å²) in [6.07, 6.45) is 1.67. The number of fused-ring (bicyclic) bond motifs is 4. The lowest BCUT2D eigenvalue weighted by Crippen LogP contribution is -2.08. The van der Waals surface area contributed by atoms with Gasteiger partial charge in [-0.1, -0.05) is 23.7 Å². The summed E-state index contributed by atoms with van der Waals surface area (Å²) in [6, 6.07) is 13.8. The SMILES string of the molecule is COC(=O)c1sc2nc3c(c(-c4ccc(Cl)cc4)c2c1N)CCc1cc(OC)ccc1-3. The van der Waals surface area contributed by atoms with E-state index < -0.39 is 5.97 Å². The van der Waals surface area contributed by atoms with E-state index in [1.54, 1.807) is 7.11 Å². The van der Waals surface area contributed by atoms with Crippen LogP contribution in [0.15, 0.2) is 42.5 Å². The van der Waals surface area contributed by atoms with Crippen molar-refractivity contribution in [1.29, 1.82) is 0 Å². The van der Waals surface area contributed by atoms with E-state index in [0.29, 0.717) is 20.4 Å². The number of halogens is 1. The zero-order chi connectivity index (χ0) is 21.7. The quantitative estimate of drug-likeness (QED) is 0.401. The number of hydrogen-bond donors (Lipinski definition) is 1. The van der Waals surface area contributed by atoms with Crippen LogP contribution >= 0.6 is 22.9 Å². The topological polar surface area (TPSA) is 74.4 Å². The molecular weight excluding hydrogens is 432 g/mol. The molecule has 0 spiro atoms. The number of carbonyl (C=O) groups is 1. The number of benzene rings is 2. The number of ether oxygens (including phenoxy) is 2. The van der Waals surface area contributed by atoms with Crippen LogP contribution in [-0.2, 0) is 17.6 Å². The molecule has 2 N–H and O–H groups in total. The van der Waals surface area contributed by atoms with Gasteiger partial charge in [0, 0.05) is 16.0 Å². The maximum atomic E-state index is 12.3. The van der Waals surface area contributed by atoms with Crippen molar-refractivity contribution in [1.82, 2.24) is 4.98 Å². The maximum absolute atomic E-state index is 12.3. The Morgan fingerprint density at radius 3 is 2.61 bits per heavy atom. The summed E-state index contributed by atoms with van der Waals surface area (Å²) in [5, 5.41) is 1.46. The number of esters is 1. The van der Waals surface area contributed by atoms with E-state index in [1.165, 1.54) is 24.0 Å². The van der Waals surface area contributed by atoms with Crippen LogP contribution in [0.1, 0.15) is 20.8 Å². The third-order valence-corrected chi connectivity index (χ3v) is 7.02.